The van der Waals surface area contributed by atoms with E-state index in [0.29, 0.717) is 11.8 Å². The third-order valence-corrected chi connectivity index (χ3v) is 3.98. The van der Waals surface area contributed by atoms with Crippen LogP contribution in [0.3, 0.4) is 0 Å². The molecule has 0 aliphatic rings. The Bertz CT molecular complexity index is 248. The molecule has 0 fully saturated rings. The van der Waals surface area contributed by atoms with E-state index in [1.165, 1.54) is 19.3 Å². The van der Waals surface area contributed by atoms with Gasteiger partial charge < -0.3 is 4.74 Å². The molecule has 0 saturated carbocycles. The molecule has 0 radical (unpaired) electrons. The van der Waals surface area contributed by atoms with E-state index < -0.39 is 0 Å². The number of ether oxygens (including phenoxy) is 1. The van der Waals surface area contributed by atoms with Crippen molar-refractivity contribution in [3.05, 3.63) is 0 Å². The highest BCUT2D eigenvalue weighted by atomic mass is 16.5. The Morgan fingerprint density at radius 1 is 0.905 bits per heavy atom. The molecule has 2 heteroatoms. The molecule has 0 heterocycles. The fraction of sp³-hybridized carbons (Fsp3) is 0.947. The summed E-state index contributed by atoms with van der Waals surface area (Å²) in [5.41, 5.74) is 0. The molecule has 126 valence electrons. The third kappa shape index (κ3) is 10.8. The monoisotopic (exact) mass is 298 g/mol. The molecule has 1 atom stereocenters. The third-order valence-electron chi connectivity index (χ3n) is 3.98. The minimum atomic E-state index is 0.0419. The summed E-state index contributed by atoms with van der Waals surface area (Å²) < 4.78 is 5.84. The summed E-state index contributed by atoms with van der Waals surface area (Å²) in [6.07, 6.45) is 8.87. The zero-order valence-corrected chi connectivity index (χ0v) is 15.3. The van der Waals surface area contributed by atoms with E-state index >= 15 is 0 Å². The van der Waals surface area contributed by atoms with Crippen LogP contribution in [-0.4, -0.2) is 12.1 Å². The van der Waals surface area contributed by atoms with Gasteiger partial charge in [-0.25, -0.2) is 0 Å². The van der Waals surface area contributed by atoms with Crippen molar-refractivity contribution >= 4 is 5.97 Å². The van der Waals surface area contributed by atoms with Gasteiger partial charge in [0.05, 0.1) is 5.92 Å². The second-order valence-corrected chi connectivity index (χ2v) is 7.27. The van der Waals surface area contributed by atoms with Gasteiger partial charge in [-0.2, -0.15) is 0 Å². The maximum absolute atomic E-state index is 12.4. The molecule has 1 unspecified atom stereocenters. The van der Waals surface area contributed by atoms with Gasteiger partial charge in [-0.15, -0.1) is 0 Å². The molecule has 21 heavy (non-hydrogen) atoms. The van der Waals surface area contributed by atoms with Crippen molar-refractivity contribution in [3.8, 4) is 0 Å². The van der Waals surface area contributed by atoms with Gasteiger partial charge in [0.2, 0.25) is 0 Å². The Morgan fingerprint density at radius 3 is 1.90 bits per heavy atom. The molecule has 0 aliphatic carbocycles. The van der Waals surface area contributed by atoms with Crippen molar-refractivity contribution in [2.75, 3.05) is 0 Å². The van der Waals surface area contributed by atoms with Crippen LogP contribution in [0.15, 0.2) is 0 Å². The Kier molecular flexibility index (Phi) is 11.8. The molecule has 0 aromatic heterocycles. The van der Waals surface area contributed by atoms with E-state index in [2.05, 4.69) is 41.5 Å². The summed E-state index contributed by atoms with van der Waals surface area (Å²) in [5.74, 6) is 1.29. The Labute approximate surface area is 133 Å². The second kappa shape index (κ2) is 12.1. The van der Waals surface area contributed by atoms with Gasteiger partial charge in [0.15, 0.2) is 0 Å². The summed E-state index contributed by atoms with van der Waals surface area (Å²) in [5, 5.41) is 0. The summed E-state index contributed by atoms with van der Waals surface area (Å²) in [4.78, 5) is 12.4. The number of hydrogen-bond acceptors (Lipinski definition) is 2. The van der Waals surface area contributed by atoms with Crippen molar-refractivity contribution in [1.82, 2.24) is 0 Å². The first-order valence-electron chi connectivity index (χ1n) is 9.11. The quantitative estimate of drug-likeness (QED) is 0.327. The van der Waals surface area contributed by atoms with E-state index in [-0.39, 0.29) is 18.0 Å². The minimum Gasteiger partial charge on any atom is -0.462 e. The maximum Gasteiger partial charge on any atom is 0.309 e. The van der Waals surface area contributed by atoms with Crippen LogP contribution in [0.2, 0.25) is 0 Å². The largest absolute Gasteiger partial charge is 0.462 e. The van der Waals surface area contributed by atoms with Crippen molar-refractivity contribution in [3.63, 3.8) is 0 Å². The fourth-order valence-corrected chi connectivity index (χ4v) is 2.81. The first kappa shape index (κ1) is 20.5. The van der Waals surface area contributed by atoms with Crippen LogP contribution >= 0.6 is 0 Å². The molecule has 0 saturated heterocycles. The maximum atomic E-state index is 12.4. The normalized spacial score (nSPS) is 13.2. The Hall–Kier alpha value is -0.530. The Balaban J connectivity index is 4.33. The number of hydrogen-bond donors (Lipinski definition) is 0. The summed E-state index contributed by atoms with van der Waals surface area (Å²) >= 11 is 0. The SMILES string of the molecule is CCCCCCC(CC)C(=O)OC(CC(C)C)CC(C)C. The highest BCUT2D eigenvalue weighted by molar-refractivity contribution is 5.72. The molecule has 2 nitrogen and oxygen atoms in total. The standard InChI is InChI=1S/C19H38O2/c1-7-9-10-11-12-17(8-2)19(20)21-18(13-15(3)4)14-16(5)6/h15-18H,7-14H2,1-6H3. The Morgan fingerprint density at radius 2 is 1.48 bits per heavy atom. The zero-order chi connectivity index (χ0) is 16.3. The van der Waals surface area contributed by atoms with Gasteiger partial charge in [-0.1, -0.05) is 67.2 Å². The van der Waals surface area contributed by atoms with Gasteiger partial charge >= 0.3 is 5.97 Å². The van der Waals surface area contributed by atoms with Crippen molar-refractivity contribution < 1.29 is 9.53 Å². The van der Waals surface area contributed by atoms with Gasteiger partial charge in [0, 0.05) is 0 Å². The van der Waals surface area contributed by atoms with Crippen LogP contribution in [0.5, 0.6) is 0 Å². The lowest BCUT2D eigenvalue weighted by atomic mass is 9.96. The first-order valence-corrected chi connectivity index (χ1v) is 9.11. The summed E-state index contributed by atoms with van der Waals surface area (Å²) in [7, 11) is 0. The predicted octanol–water partition coefficient (Wildman–Crippen LogP) is 5.99. The lowest BCUT2D eigenvalue weighted by Gasteiger charge is -2.24. The number of esters is 1. The first-order chi connectivity index (χ1) is 9.90. The summed E-state index contributed by atoms with van der Waals surface area (Å²) in [6, 6.07) is 0. The van der Waals surface area contributed by atoms with Crippen LogP contribution in [0.25, 0.3) is 0 Å². The number of unbranched alkanes of at least 4 members (excludes halogenated alkanes) is 3. The predicted molar refractivity (Wildman–Crippen MR) is 91.3 cm³/mol. The minimum absolute atomic E-state index is 0.0419. The second-order valence-electron chi connectivity index (χ2n) is 7.27. The van der Waals surface area contributed by atoms with Gasteiger partial charge in [0.25, 0.3) is 0 Å². The molecule has 0 rings (SSSR count). The highest BCUT2D eigenvalue weighted by Crippen LogP contribution is 2.21. The van der Waals surface area contributed by atoms with Crippen molar-refractivity contribution in [1.29, 1.82) is 0 Å². The molecule has 0 amide bonds. The van der Waals surface area contributed by atoms with E-state index in [0.717, 1.165) is 32.1 Å². The molecule has 0 spiro atoms. The average Bonchev–Trinajstić information content (AvgIpc) is 2.37. The summed E-state index contributed by atoms with van der Waals surface area (Å²) in [6.45, 7) is 13.1. The van der Waals surface area contributed by atoms with Gasteiger partial charge in [-0.3, -0.25) is 4.79 Å². The van der Waals surface area contributed by atoms with Crippen LogP contribution < -0.4 is 0 Å². The molecule has 0 N–H and O–H groups in total. The topological polar surface area (TPSA) is 26.3 Å². The molecule has 0 aliphatic heterocycles. The zero-order valence-electron chi connectivity index (χ0n) is 15.3. The van der Waals surface area contributed by atoms with Gasteiger partial charge in [-0.05, 0) is 37.5 Å². The average molecular weight is 299 g/mol. The molecule has 0 aromatic carbocycles. The van der Waals surface area contributed by atoms with Crippen LogP contribution in [0.1, 0.15) is 92.9 Å². The lowest BCUT2D eigenvalue weighted by molar-refractivity contribution is -0.156. The van der Waals surface area contributed by atoms with E-state index in [4.69, 9.17) is 4.74 Å². The number of carbonyl (C=O) groups excluding carboxylic acids is 1. The molecule has 0 bridgehead atoms. The molecule has 0 aromatic rings. The van der Waals surface area contributed by atoms with Crippen LogP contribution in [0.4, 0.5) is 0 Å². The van der Waals surface area contributed by atoms with Crippen LogP contribution in [-0.2, 0) is 9.53 Å². The van der Waals surface area contributed by atoms with E-state index in [9.17, 15) is 4.79 Å². The van der Waals surface area contributed by atoms with E-state index in [1.54, 1.807) is 0 Å². The number of rotatable bonds is 12. The molecular formula is C19H38O2. The number of carbonyl (C=O) groups is 1. The van der Waals surface area contributed by atoms with E-state index in [1.807, 2.05) is 0 Å². The van der Waals surface area contributed by atoms with Gasteiger partial charge in [0.1, 0.15) is 6.10 Å². The highest BCUT2D eigenvalue weighted by Gasteiger charge is 2.23. The fourth-order valence-electron chi connectivity index (χ4n) is 2.81. The lowest BCUT2D eigenvalue weighted by Crippen LogP contribution is -2.26. The van der Waals surface area contributed by atoms with Crippen LogP contribution in [0, 0.1) is 17.8 Å². The van der Waals surface area contributed by atoms with Crippen molar-refractivity contribution in [2.24, 2.45) is 17.8 Å². The smallest absolute Gasteiger partial charge is 0.309 e. The van der Waals surface area contributed by atoms with Crippen molar-refractivity contribution in [2.45, 2.75) is 99.0 Å². The molecular weight excluding hydrogens is 260 g/mol.